The van der Waals surface area contributed by atoms with Gasteiger partial charge in [-0.2, -0.15) is 0 Å². The highest BCUT2D eigenvalue weighted by atomic mass is 15.1. The van der Waals surface area contributed by atoms with Crippen molar-refractivity contribution in [3.63, 3.8) is 0 Å². The molecule has 14 heavy (non-hydrogen) atoms. The van der Waals surface area contributed by atoms with Crippen molar-refractivity contribution in [3.8, 4) is 0 Å². The molecule has 1 atom stereocenters. The first-order valence-electron chi connectivity index (χ1n) is 5.64. The van der Waals surface area contributed by atoms with E-state index in [1.54, 1.807) is 0 Å². The molecule has 0 aromatic carbocycles. The fourth-order valence-corrected chi connectivity index (χ4v) is 2.49. The molecule has 0 spiro atoms. The highest BCUT2D eigenvalue weighted by Crippen LogP contribution is 2.36. The number of fused-ring (bicyclic) bond motifs is 1. The number of hydrogen-bond donors (Lipinski definition) is 1. The van der Waals surface area contributed by atoms with E-state index < -0.39 is 0 Å². The lowest BCUT2D eigenvalue weighted by atomic mass is 9.84. The molecule has 1 saturated carbocycles. The van der Waals surface area contributed by atoms with Crippen molar-refractivity contribution >= 4 is 0 Å². The van der Waals surface area contributed by atoms with Gasteiger partial charge in [0.15, 0.2) is 0 Å². The molecule has 2 aliphatic rings. The molecule has 0 amide bonds. The van der Waals surface area contributed by atoms with E-state index in [0.29, 0.717) is 6.04 Å². The minimum Gasteiger partial charge on any atom is -0.330 e. The summed E-state index contributed by atoms with van der Waals surface area (Å²) in [6.07, 6.45) is 8.31. The summed E-state index contributed by atoms with van der Waals surface area (Å²) in [5.41, 5.74) is 7.39. The van der Waals surface area contributed by atoms with Crippen LogP contribution in [-0.2, 0) is 13.0 Å². The van der Waals surface area contributed by atoms with E-state index >= 15 is 0 Å². The molecule has 2 heterocycles. The monoisotopic (exact) mass is 191 g/mol. The number of rotatable bonds is 1. The van der Waals surface area contributed by atoms with Crippen molar-refractivity contribution in [3.05, 3.63) is 17.7 Å². The van der Waals surface area contributed by atoms with Crippen LogP contribution in [0.25, 0.3) is 0 Å². The quantitative estimate of drug-likeness (QED) is 0.729. The van der Waals surface area contributed by atoms with Gasteiger partial charge in [0.05, 0.1) is 0 Å². The van der Waals surface area contributed by atoms with Crippen LogP contribution in [0.4, 0.5) is 0 Å². The maximum absolute atomic E-state index is 5.99. The molecule has 2 N–H and O–H groups in total. The van der Waals surface area contributed by atoms with Crippen LogP contribution in [0.3, 0.4) is 0 Å². The number of imidazole rings is 1. The molecule has 0 radical (unpaired) electrons. The fraction of sp³-hybridized carbons (Fsp3) is 0.727. The Balaban J connectivity index is 1.93. The number of aryl methyl sites for hydroxylation is 1. The van der Waals surface area contributed by atoms with Gasteiger partial charge in [0.2, 0.25) is 0 Å². The van der Waals surface area contributed by atoms with Gasteiger partial charge in [-0.1, -0.05) is 6.42 Å². The molecule has 0 bridgehead atoms. The Morgan fingerprint density at radius 3 is 2.93 bits per heavy atom. The summed E-state index contributed by atoms with van der Waals surface area (Å²) in [4.78, 5) is 4.56. The van der Waals surface area contributed by atoms with E-state index in [0.717, 1.165) is 25.3 Å². The predicted molar refractivity (Wildman–Crippen MR) is 55.1 cm³/mol. The van der Waals surface area contributed by atoms with Crippen molar-refractivity contribution in [2.75, 3.05) is 0 Å². The summed E-state index contributed by atoms with van der Waals surface area (Å²) in [5.74, 6) is 2.04. The maximum Gasteiger partial charge on any atom is 0.112 e. The third-order valence-electron chi connectivity index (χ3n) is 3.63. The van der Waals surface area contributed by atoms with E-state index in [1.807, 2.05) is 0 Å². The van der Waals surface area contributed by atoms with Crippen molar-refractivity contribution in [1.82, 2.24) is 9.55 Å². The van der Waals surface area contributed by atoms with Crippen LogP contribution in [0.15, 0.2) is 6.20 Å². The number of aromatic nitrogens is 2. The third-order valence-corrected chi connectivity index (χ3v) is 3.63. The fourth-order valence-electron chi connectivity index (χ4n) is 2.49. The SMILES string of the molecule is NC1CCc2cnc(C3CCC3)n2C1. The van der Waals surface area contributed by atoms with Crippen LogP contribution >= 0.6 is 0 Å². The average Bonchev–Trinajstić information content (AvgIpc) is 2.46. The Hall–Kier alpha value is -0.830. The largest absolute Gasteiger partial charge is 0.330 e. The maximum atomic E-state index is 5.99. The van der Waals surface area contributed by atoms with Crippen molar-refractivity contribution in [2.24, 2.45) is 5.73 Å². The molecule has 1 aliphatic carbocycles. The Kier molecular flexibility index (Phi) is 1.87. The van der Waals surface area contributed by atoms with Gasteiger partial charge in [-0.25, -0.2) is 4.98 Å². The Bertz CT molecular complexity index is 338. The first kappa shape index (κ1) is 8.48. The van der Waals surface area contributed by atoms with Crippen LogP contribution in [0.2, 0.25) is 0 Å². The first-order valence-corrected chi connectivity index (χ1v) is 5.64. The molecule has 3 heteroatoms. The molecule has 1 aromatic rings. The third kappa shape index (κ3) is 1.19. The topological polar surface area (TPSA) is 43.8 Å². The van der Waals surface area contributed by atoms with Gasteiger partial charge in [-0.05, 0) is 25.7 Å². The number of nitrogens with two attached hydrogens (primary N) is 1. The van der Waals surface area contributed by atoms with Crippen LogP contribution in [0, 0.1) is 0 Å². The van der Waals surface area contributed by atoms with Gasteiger partial charge in [0.1, 0.15) is 5.82 Å². The van der Waals surface area contributed by atoms with Gasteiger partial charge in [0.25, 0.3) is 0 Å². The van der Waals surface area contributed by atoms with Gasteiger partial charge in [0, 0.05) is 30.4 Å². The number of hydrogen-bond acceptors (Lipinski definition) is 2. The Labute approximate surface area is 84.3 Å². The van der Waals surface area contributed by atoms with Crippen LogP contribution in [0.5, 0.6) is 0 Å². The Morgan fingerprint density at radius 1 is 1.36 bits per heavy atom. The standard InChI is InChI=1S/C11H17N3/c12-9-4-5-10-6-13-11(14(10)7-9)8-2-1-3-8/h6,8-9H,1-5,7,12H2. The average molecular weight is 191 g/mol. The normalized spacial score (nSPS) is 27.1. The van der Waals surface area contributed by atoms with Crippen molar-refractivity contribution < 1.29 is 0 Å². The summed E-state index contributed by atoms with van der Waals surface area (Å²) >= 11 is 0. The molecule has 1 fully saturated rings. The minimum atomic E-state index is 0.343. The van der Waals surface area contributed by atoms with E-state index in [-0.39, 0.29) is 0 Å². The second kappa shape index (κ2) is 3.09. The summed E-state index contributed by atoms with van der Waals surface area (Å²) in [6.45, 7) is 0.987. The van der Waals surface area contributed by atoms with E-state index in [9.17, 15) is 0 Å². The summed E-state index contributed by atoms with van der Waals surface area (Å²) in [6, 6.07) is 0.343. The lowest BCUT2D eigenvalue weighted by Crippen LogP contribution is -2.33. The molecule has 1 unspecified atom stereocenters. The van der Waals surface area contributed by atoms with Crippen molar-refractivity contribution in [1.29, 1.82) is 0 Å². The lowest BCUT2D eigenvalue weighted by molar-refractivity contribution is 0.365. The van der Waals surface area contributed by atoms with Gasteiger partial charge in [-0.15, -0.1) is 0 Å². The highest BCUT2D eigenvalue weighted by molar-refractivity contribution is 5.14. The summed E-state index contributed by atoms with van der Waals surface area (Å²) in [7, 11) is 0. The summed E-state index contributed by atoms with van der Waals surface area (Å²) in [5, 5.41) is 0. The molecular weight excluding hydrogens is 174 g/mol. The molecule has 0 saturated heterocycles. The molecular formula is C11H17N3. The van der Waals surface area contributed by atoms with Gasteiger partial charge >= 0.3 is 0 Å². The molecule has 1 aliphatic heterocycles. The zero-order valence-electron chi connectivity index (χ0n) is 8.45. The zero-order chi connectivity index (χ0) is 9.54. The lowest BCUT2D eigenvalue weighted by Gasteiger charge is -2.29. The molecule has 76 valence electrons. The Morgan fingerprint density at radius 2 is 2.21 bits per heavy atom. The van der Waals surface area contributed by atoms with Gasteiger partial charge in [-0.3, -0.25) is 0 Å². The zero-order valence-corrected chi connectivity index (χ0v) is 8.45. The highest BCUT2D eigenvalue weighted by Gasteiger charge is 2.27. The van der Waals surface area contributed by atoms with Crippen LogP contribution in [0.1, 0.15) is 43.1 Å². The number of nitrogens with zero attached hydrogens (tertiary/aromatic N) is 2. The first-order chi connectivity index (χ1) is 6.84. The van der Waals surface area contributed by atoms with E-state index in [4.69, 9.17) is 5.73 Å². The molecule has 1 aromatic heterocycles. The summed E-state index contributed by atoms with van der Waals surface area (Å²) < 4.78 is 2.37. The van der Waals surface area contributed by atoms with Gasteiger partial charge < -0.3 is 10.3 Å². The molecule has 3 nitrogen and oxygen atoms in total. The molecule has 3 rings (SSSR count). The minimum absolute atomic E-state index is 0.343. The van der Waals surface area contributed by atoms with Crippen LogP contribution < -0.4 is 5.73 Å². The van der Waals surface area contributed by atoms with Crippen LogP contribution in [-0.4, -0.2) is 15.6 Å². The predicted octanol–water partition coefficient (Wildman–Crippen LogP) is 1.42. The van der Waals surface area contributed by atoms with E-state index in [2.05, 4.69) is 15.7 Å². The van der Waals surface area contributed by atoms with Crippen molar-refractivity contribution in [2.45, 2.75) is 50.6 Å². The second-order valence-electron chi connectivity index (χ2n) is 4.64. The smallest absolute Gasteiger partial charge is 0.112 e. The van der Waals surface area contributed by atoms with E-state index in [1.165, 1.54) is 30.8 Å². The second-order valence-corrected chi connectivity index (χ2v) is 4.64.